The van der Waals surface area contributed by atoms with Gasteiger partial charge in [-0.3, -0.25) is 9.78 Å². The van der Waals surface area contributed by atoms with Crippen LogP contribution in [0.3, 0.4) is 0 Å². The number of hydrogen-bond donors (Lipinski definition) is 1. The molecule has 0 radical (unpaired) electrons. The molecule has 0 aliphatic carbocycles. The Bertz CT molecular complexity index is 1240. The van der Waals surface area contributed by atoms with Crippen molar-refractivity contribution in [2.24, 2.45) is 5.10 Å². The average molecular weight is 489 g/mol. The molecule has 0 bridgehead atoms. The van der Waals surface area contributed by atoms with Gasteiger partial charge in [0.05, 0.1) is 20.3 Å². The zero-order chi connectivity index (χ0) is 25.5. The van der Waals surface area contributed by atoms with Crippen LogP contribution in [0.1, 0.15) is 41.8 Å². The molecule has 2 amide bonds. The van der Waals surface area contributed by atoms with Crippen molar-refractivity contribution >= 4 is 23.4 Å². The van der Waals surface area contributed by atoms with Crippen molar-refractivity contribution in [1.82, 2.24) is 9.99 Å². The van der Waals surface area contributed by atoms with Gasteiger partial charge in [0.15, 0.2) is 11.5 Å². The molecular formula is C27H28N4O5. The molecule has 1 aliphatic heterocycles. The van der Waals surface area contributed by atoms with E-state index in [1.165, 1.54) is 5.01 Å². The van der Waals surface area contributed by atoms with Gasteiger partial charge in [0, 0.05) is 29.2 Å². The van der Waals surface area contributed by atoms with Crippen LogP contribution in [-0.2, 0) is 11.3 Å². The van der Waals surface area contributed by atoms with Crippen molar-refractivity contribution in [2.45, 2.75) is 32.9 Å². The highest BCUT2D eigenvalue weighted by atomic mass is 16.6. The molecule has 1 unspecified atom stereocenters. The Morgan fingerprint density at radius 2 is 1.81 bits per heavy atom. The fourth-order valence-corrected chi connectivity index (χ4v) is 3.77. The van der Waals surface area contributed by atoms with Crippen molar-refractivity contribution < 1.29 is 23.8 Å². The Morgan fingerprint density at radius 1 is 1.06 bits per heavy atom. The van der Waals surface area contributed by atoms with Crippen molar-refractivity contribution in [3.63, 3.8) is 0 Å². The lowest BCUT2D eigenvalue weighted by atomic mass is 10.0. The van der Waals surface area contributed by atoms with E-state index in [1.54, 1.807) is 43.8 Å². The minimum absolute atomic E-state index is 0.214. The number of amides is 2. The summed E-state index contributed by atoms with van der Waals surface area (Å²) >= 11 is 0. The normalized spacial score (nSPS) is 15.1. The van der Waals surface area contributed by atoms with Gasteiger partial charge in [-0.15, -0.1) is 0 Å². The second-order valence-electron chi connectivity index (χ2n) is 8.01. The molecule has 9 nitrogen and oxygen atoms in total. The molecule has 2 heterocycles. The molecule has 9 heteroatoms. The summed E-state index contributed by atoms with van der Waals surface area (Å²) in [6.07, 6.45) is 2.73. The summed E-state index contributed by atoms with van der Waals surface area (Å²) in [6.45, 7) is 4.54. The van der Waals surface area contributed by atoms with Gasteiger partial charge in [-0.25, -0.2) is 4.79 Å². The first kappa shape index (κ1) is 24.7. The zero-order valence-corrected chi connectivity index (χ0v) is 20.4. The number of hydrazone groups is 1. The zero-order valence-electron chi connectivity index (χ0n) is 20.4. The molecule has 0 fully saturated rings. The molecule has 1 atom stereocenters. The number of anilines is 1. The maximum atomic E-state index is 12.7. The Morgan fingerprint density at radius 3 is 2.47 bits per heavy atom. The number of aromatic nitrogens is 1. The number of ether oxygens (including phenoxy) is 3. The van der Waals surface area contributed by atoms with Crippen LogP contribution < -0.4 is 14.8 Å². The number of pyridine rings is 1. The molecule has 0 saturated heterocycles. The summed E-state index contributed by atoms with van der Waals surface area (Å²) in [4.78, 5) is 28.9. The fraction of sp³-hybridized carbons (Fsp3) is 0.259. The van der Waals surface area contributed by atoms with E-state index in [2.05, 4.69) is 15.4 Å². The number of benzene rings is 2. The number of rotatable bonds is 9. The van der Waals surface area contributed by atoms with E-state index in [0.717, 1.165) is 11.1 Å². The van der Waals surface area contributed by atoms with Crippen molar-refractivity contribution in [3.8, 4) is 11.5 Å². The second kappa shape index (κ2) is 11.4. The molecule has 1 aliphatic rings. The third-order valence-corrected chi connectivity index (χ3v) is 5.60. The lowest BCUT2D eigenvalue weighted by molar-refractivity contribution is 0.0712. The molecule has 1 aromatic heterocycles. The van der Waals surface area contributed by atoms with E-state index in [4.69, 9.17) is 14.2 Å². The average Bonchev–Trinajstić information content (AvgIpc) is 2.91. The summed E-state index contributed by atoms with van der Waals surface area (Å²) in [5.41, 5.74) is 3.42. The van der Waals surface area contributed by atoms with Crippen LogP contribution in [0.15, 0.2) is 72.1 Å². The number of carbonyl (C=O) groups excluding carboxylic acids is 2. The Balaban J connectivity index is 1.52. The lowest BCUT2D eigenvalue weighted by Gasteiger charge is -2.29. The van der Waals surface area contributed by atoms with E-state index >= 15 is 0 Å². The maximum Gasteiger partial charge on any atom is 0.431 e. The molecule has 3 aromatic rings. The third kappa shape index (κ3) is 5.63. The predicted molar refractivity (Wildman–Crippen MR) is 135 cm³/mol. The van der Waals surface area contributed by atoms with Crippen LogP contribution in [0, 0.1) is 0 Å². The minimum Gasteiger partial charge on any atom is -0.493 e. The lowest BCUT2D eigenvalue weighted by Crippen LogP contribution is -2.41. The highest BCUT2D eigenvalue weighted by molar-refractivity contribution is 6.06. The van der Waals surface area contributed by atoms with Gasteiger partial charge < -0.3 is 19.5 Å². The van der Waals surface area contributed by atoms with Gasteiger partial charge in [-0.05, 0) is 61.4 Å². The van der Waals surface area contributed by atoms with Crippen molar-refractivity contribution in [1.29, 1.82) is 0 Å². The standard InChI is InChI=1S/C27H28N4O5/c1-4-22-25(20-8-11-23(34-3)24(16-20)35-5-2)30-31(27(33)36-22)17-18-6-9-21(10-7-18)29-26(32)19-12-14-28-15-13-19/h6-16,22H,4-5,17H2,1-3H3,(H,29,32). The Labute approximate surface area is 209 Å². The summed E-state index contributed by atoms with van der Waals surface area (Å²) in [5, 5.41) is 8.80. The highest BCUT2D eigenvalue weighted by Gasteiger charge is 2.31. The van der Waals surface area contributed by atoms with Gasteiger partial charge in [0.1, 0.15) is 11.8 Å². The van der Waals surface area contributed by atoms with Gasteiger partial charge in [-0.1, -0.05) is 19.1 Å². The third-order valence-electron chi connectivity index (χ3n) is 5.60. The van der Waals surface area contributed by atoms with Crippen LogP contribution in [0.4, 0.5) is 10.5 Å². The molecule has 2 aromatic carbocycles. The monoisotopic (exact) mass is 488 g/mol. The molecule has 0 saturated carbocycles. The van der Waals surface area contributed by atoms with E-state index in [1.807, 2.05) is 44.2 Å². The van der Waals surface area contributed by atoms with Crippen molar-refractivity contribution in [3.05, 3.63) is 83.7 Å². The number of nitrogens with one attached hydrogen (secondary N) is 1. The minimum atomic E-state index is -0.515. The van der Waals surface area contributed by atoms with Crippen LogP contribution >= 0.6 is 0 Å². The van der Waals surface area contributed by atoms with Gasteiger partial charge in [0.25, 0.3) is 5.91 Å². The second-order valence-corrected chi connectivity index (χ2v) is 8.01. The van der Waals surface area contributed by atoms with Gasteiger partial charge in [0.2, 0.25) is 0 Å². The van der Waals surface area contributed by atoms with Crippen LogP contribution in [0.5, 0.6) is 11.5 Å². The Kier molecular flexibility index (Phi) is 7.79. The first-order valence-electron chi connectivity index (χ1n) is 11.7. The maximum absolute atomic E-state index is 12.7. The summed E-state index contributed by atoms with van der Waals surface area (Å²) in [6, 6.07) is 16.0. The number of methoxy groups -OCH3 is 1. The topological polar surface area (TPSA) is 102 Å². The van der Waals surface area contributed by atoms with Crippen molar-refractivity contribution in [2.75, 3.05) is 19.0 Å². The SMILES string of the molecule is CCOc1cc(C2=NN(Cc3ccc(NC(=O)c4ccncc4)cc3)C(=O)OC2CC)ccc1OC. The number of hydrogen-bond acceptors (Lipinski definition) is 7. The number of carbonyl (C=O) groups is 2. The van der Waals surface area contributed by atoms with Gasteiger partial charge in [-0.2, -0.15) is 10.1 Å². The van der Waals surface area contributed by atoms with E-state index in [-0.39, 0.29) is 12.5 Å². The van der Waals surface area contributed by atoms with Crippen LogP contribution in [0.25, 0.3) is 0 Å². The molecule has 4 rings (SSSR count). The smallest absolute Gasteiger partial charge is 0.431 e. The van der Waals surface area contributed by atoms with Crippen LogP contribution in [-0.4, -0.2) is 47.5 Å². The molecule has 186 valence electrons. The first-order chi connectivity index (χ1) is 17.5. The largest absolute Gasteiger partial charge is 0.493 e. The fourth-order valence-electron chi connectivity index (χ4n) is 3.77. The molecule has 0 spiro atoms. The quantitative estimate of drug-likeness (QED) is 0.461. The van der Waals surface area contributed by atoms with E-state index in [9.17, 15) is 9.59 Å². The first-order valence-corrected chi connectivity index (χ1v) is 11.7. The summed E-state index contributed by atoms with van der Waals surface area (Å²) < 4.78 is 16.8. The number of nitrogens with zero attached hydrogens (tertiary/aromatic N) is 3. The summed E-state index contributed by atoms with van der Waals surface area (Å²) in [5.74, 6) is 0.994. The molecule has 1 N–H and O–H groups in total. The van der Waals surface area contributed by atoms with E-state index < -0.39 is 12.2 Å². The van der Waals surface area contributed by atoms with Gasteiger partial charge >= 0.3 is 6.09 Å². The molecular weight excluding hydrogens is 460 g/mol. The number of cyclic esters (lactones) is 1. The van der Waals surface area contributed by atoms with Crippen LogP contribution in [0.2, 0.25) is 0 Å². The summed E-state index contributed by atoms with van der Waals surface area (Å²) in [7, 11) is 1.59. The Hall–Kier alpha value is -4.40. The highest BCUT2D eigenvalue weighted by Crippen LogP contribution is 2.30. The molecule has 36 heavy (non-hydrogen) atoms. The van der Waals surface area contributed by atoms with E-state index in [0.29, 0.717) is 41.5 Å². The predicted octanol–water partition coefficient (Wildman–Crippen LogP) is 4.88.